The monoisotopic (exact) mass is 401 g/mol. The van der Waals surface area contributed by atoms with E-state index in [9.17, 15) is 14.4 Å². The van der Waals surface area contributed by atoms with Crippen LogP contribution in [-0.4, -0.2) is 22.8 Å². The lowest BCUT2D eigenvalue weighted by Crippen LogP contribution is -2.29. The van der Waals surface area contributed by atoms with Gasteiger partial charge in [0.1, 0.15) is 12.0 Å². The van der Waals surface area contributed by atoms with Gasteiger partial charge in [-0.05, 0) is 36.8 Å². The highest BCUT2D eigenvalue weighted by atomic mass is 16.7. The van der Waals surface area contributed by atoms with Crippen molar-refractivity contribution in [2.45, 2.75) is 13.5 Å². The van der Waals surface area contributed by atoms with Crippen LogP contribution in [-0.2, 0) is 21.0 Å². The predicted octanol–water partition coefficient (Wildman–Crippen LogP) is 3.97. The Bertz CT molecular complexity index is 1060. The van der Waals surface area contributed by atoms with Crippen molar-refractivity contribution in [3.05, 3.63) is 107 Å². The Labute approximate surface area is 173 Å². The molecule has 1 atom stereocenters. The number of hydrogen-bond acceptors (Lipinski definition) is 5. The molecular weight excluding hydrogens is 382 g/mol. The highest BCUT2D eigenvalue weighted by Gasteiger charge is 2.38. The number of ether oxygens (including phenoxy) is 1. The Morgan fingerprint density at radius 3 is 2.23 bits per heavy atom. The van der Waals surface area contributed by atoms with Gasteiger partial charge in [0.15, 0.2) is 5.76 Å². The summed E-state index contributed by atoms with van der Waals surface area (Å²) in [4.78, 5) is 43.1. The molecule has 0 aromatic heterocycles. The summed E-state index contributed by atoms with van der Waals surface area (Å²) in [6.07, 6.45) is 8.06. The SMILES string of the molecule is CC1(C(=O)OCc2ccccc2)C=CC=C(ON2C(=O)c3ccccc3C2=O)C=C1. The van der Waals surface area contributed by atoms with Crippen molar-refractivity contribution in [2.24, 2.45) is 5.41 Å². The molecule has 2 amide bonds. The molecule has 1 aliphatic carbocycles. The number of amides is 2. The number of hydrogen-bond donors (Lipinski definition) is 0. The molecule has 0 saturated heterocycles. The van der Waals surface area contributed by atoms with E-state index in [4.69, 9.17) is 9.57 Å². The average molecular weight is 401 g/mol. The molecule has 30 heavy (non-hydrogen) atoms. The largest absolute Gasteiger partial charge is 0.460 e. The zero-order valence-corrected chi connectivity index (χ0v) is 16.3. The number of rotatable bonds is 5. The molecule has 1 heterocycles. The van der Waals surface area contributed by atoms with Crippen LogP contribution in [0.2, 0.25) is 0 Å². The third-order valence-electron chi connectivity index (χ3n) is 4.90. The average Bonchev–Trinajstić information content (AvgIpc) is 2.90. The van der Waals surface area contributed by atoms with Crippen molar-refractivity contribution in [1.29, 1.82) is 0 Å². The maximum absolute atomic E-state index is 12.6. The molecule has 1 aliphatic heterocycles. The van der Waals surface area contributed by atoms with E-state index >= 15 is 0 Å². The molecule has 0 bridgehead atoms. The van der Waals surface area contributed by atoms with E-state index < -0.39 is 23.2 Å². The van der Waals surface area contributed by atoms with Crippen molar-refractivity contribution >= 4 is 17.8 Å². The fourth-order valence-corrected chi connectivity index (χ4v) is 3.14. The van der Waals surface area contributed by atoms with E-state index in [0.717, 1.165) is 10.6 Å². The van der Waals surface area contributed by atoms with E-state index in [1.54, 1.807) is 61.6 Å². The summed E-state index contributed by atoms with van der Waals surface area (Å²) in [5.74, 6) is -1.22. The van der Waals surface area contributed by atoms with Crippen molar-refractivity contribution in [1.82, 2.24) is 5.06 Å². The summed E-state index contributed by atoms with van der Waals surface area (Å²) in [6.45, 7) is 1.88. The summed E-state index contributed by atoms with van der Waals surface area (Å²) in [6, 6.07) is 15.9. The standard InChI is InChI=1S/C24H19NO5/c1-24(23(28)29-16-17-8-3-2-4-9-17)14-7-10-18(13-15-24)30-25-21(26)19-11-5-6-12-20(19)22(25)27/h2-15H,16H2,1H3. The van der Waals surface area contributed by atoms with Crippen LogP contribution in [0, 0.1) is 5.41 Å². The Morgan fingerprint density at radius 2 is 1.57 bits per heavy atom. The molecule has 0 spiro atoms. The number of hydroxylamine groups is 2. The quantitative estimate of drug-likeness (QED) is 0.560. The van der Waals surface area contributed by atoms with Crippen molar-refractivity contribution in [2.75, 3.05) is 0 Å². The third-order valence-corrected chi connectivity index (χ3v) is 4.90. The minimum Gasteiger partial charge on any atom is -0.460 e. The lowest BCUT2D eigenvalue weighted by Gasteiger charge is -2.19. The van der Waals surface area contributed by atoms with Crippen LogP contribution in [0.25, 0.3) is 0 Å². The molecular formula is C24H19NO5. The van der Waals surface area contributed by atoms with Crippen molar-refractivity contribution in [3.8, 4) is 0 Å². The van der Waals surface area contributed by atoms with Crippen LogP contribution in [0.1, 0.15) is 33.2 Å². The lowest BCUT2D eigenvalue weighted by molar-refractivity contribution is -0.151. The maximum Gasteiger partial charge on any atom is 0.319 e. The molecule has 2 aliphatic rings. The highest BCUT2D eigenvalue weighted by Crippen LogP contribution is 2.29. The van der Waals surface area contributed by atoms with Gasteiger partial charge in [-0.2, -0.15) is 0 Å². The van der Waals surface area contributed by atoms with Gasteiger partial charge in [0.05, 0.1) is 11.1 Å². The Balaban J connectivity index is 1.44. The van der Waals surface area contributed by atoms with Crippen LogP contribution in [0.5, 0.6) is 0 Å². The molecule has 6 nitrogen and oxygen atoms in total. The number of nitrogens with zero attached hydrogens (tertiary/aromatic N) is 1. The smallest absolute Gasteiger partial charge is 0.319 e. The first-order valence-corrected chi connectivity index (χ1v) is 9.44. The highest BCUT2D eigenvalue weighted by molar-refractivity contribution is 6.20. The number of imide groups is 1. The minimum atomic E-state index is -1.02. The summed E-state index contributed by atoms with van der Waals surface area (Å²) in [5.41, 5.74) is 0.471. The van der Waals surface area contributed by atoms with Gasteiger partial charge in [-0.25, -0.2) is 0 Å². The number of carbonyl (C=O) groups is 3. The van der Waals surface area contributed by atoms with E-state index in [-0.39, 0.29) is 12.4 Å². The van der Waals surface area contributed by atoms with Crippen LogP contribution in [0.4, 0.5) is 0 Å². The minimum absolute atomic E-state index is 0.169. The first-order chi connectivity index (χ1) is 14.5. The van der Waals surface area contributed by atoms with Crippen LogP contribution >= 0.6 is 0 Å². The molecule has 2 aromatic rings. The second kappa shape index (κ2) is 7.83. The van der Waals surface area contributed by atoms with E-state index in [1.807, 2.05) is 30.3 Å². The molecule has 0 saturated carbocycles. The number of allylic oxidation sites excluding steroid dienone is 3. The van der Waals surface area contributed by atoms with Crippen molar-refractivity contribution < 1.29 is 24.0 Å². The van der Waals surface area contributed by atoms with Crippen molar-refractivity contribution in [3.63, 3.8) is 0 Å². The molecule has 150 valence electrons. The van der Waals surface area contributed by atoms with E-state index in [1.165, 1.54) is 0 Å². The Hall–Kier alpha value is -3.93. The lowest BCUT2D eigenvalue weighted by atomic mass is 9.90. The second-order valence-electron chi connectivity index (χ2n) is 7.15. The molecule has 2 aromatic carbocycles. The molecule has 0 fully saturated rings. The summed E-state index contributed by atoms with van der Waals surface area (Å²) in [5, 5.41) is 0.727. The zero-order chi connectivity index (χ0) is 21.1. The van der Waals surface area contributed by atoms with E-state index in [2.05, 4.69) is 0 Å². The summed E-state index contributed by atoms with van der Waals surface area (Å²) >= 11 is 0. The molecule has 0 radical (unpaired) electrons. The van der Waals surface area contributed by atoms with Gasteiger partial charge >= 0.3 is 5.97 Å². The summed E-state index contributed by atoms with van der Waals surface area (Å²) < 4.78 is 5.45. The van der Waals surface area contributed by atoms with Crippen LogP contribution < -0.4 is 0 Å². The Morgan fingerprint density at radius 1 is 0.933 bits per heavy atom. The zero-order valence-electron chi connectivity index (χ0n) is 16.3. The summed E-state index contributed by atoms with van der Waals surface area (Å²) in [7, 11) is 0. The van der Waals surface area contributed by atoms with Gasteiger partial charge in [-0.3, -0.25) is 14.4 Å². The second-order valence-corrected chi connectivity index (χ2v) is 7.15. The van der Waals surface area contributed by atoms with Crippen LogP contribution in [0.15, 0.2) is 90.7 Å². The number of fused-ring (bicyclic) bond motifs is 1. The predicted molar refractivity (Wildman–Crippen MR) is 109 cm³/mol. The Kier molecular flexibility index (Phi) is 5.06. The molecule has 1 unspecified atom stereocenters. The van der Waals surface area contributed by atoms with Gasteiger partial charge < -0.3 is 9.57 Å². The number of carbonyl (C=O) groups excluding carboxylic acids is 3. The maximum atomic E-state index is 12.6. The van der Waals surface area contributed by atoms with Crippen LogP contribution in [0.3, 0.4) is 0 Å². The van der Waals surface area contributed by atoms with E-state index in [0.29, 0.717) is 11.1 Å². The first kappa shape index (κ1) is 19.4. The molecule has 0 N–H and O–H groups in total. The normalized spacial score (nSPS) is 19.9. The fourth-order valence-electron chi connectivity index (χ4n) is 3.14. The van der Waals surface area contributed by atoms with Gasteiger partial charge in [0.25, 0.3) is 11.8 Å². The number of esters is 1. The molecule has 4 rings (SSSR count). The van der Waals surface area contributed by atoms with Gasteiger partial charge in [0, 0.05) is 0 Å². The topological polar surface area (TPSA) is 72.9 Å². The number of benzene rings is 2. The van der Waals surface area contributed by atoms with Gasteiger partial charge in [0.2, 0.25) is 0 Å². The first-order valence-electron chi connectivity index (χ1n) is 9.44. The third kappa shape index (κ3) is 3.67. The fraction of sp³-hybridized carbons (Fsp3) is 0.125. The van der Waals surface area contributed by atoms with Gasteiger partial charge in [-0.15, -0.1) is 0 Å². The van der Waals surface area contributed by atoms with Gasteiger partial charge in [-0.1, -0.05) is 65.8 Å². The molecule has 6 heteroatoms.